The Morgan fingerprint density at radius 1 is 1.07 bits per heavy atom. The molecule has 0 aliphatic rings. The zero-order valence-electron chi connectivity index (χ0n) is 15.4. The lowest BCUT2D eigenvalue weighted by atomic mass is 10.1. The highest BCUT2D eigenvalue weighted by atomic mass is 35.5. The molecule has 8 heteroatoms. The van der Waals surface area contributed by atoms with Crippen LogP contribution in [0, 0.1) is 13.8 Å². The lowest BCUT2D eigenvalue weighted by Gasteiger charge is -2.22. The summed E-state index contributed by atoms with van der Waals surface area (Å²) in [7, 11) is -3.52. The SMILES string of the molecule is Cc1ccc(C)c(NC(=O)CCCN(c2ccc(Cl)c(Cl)c2)S(C)(=O)=O)c1. The van der Waals surface area contributed by atoms with Gasteiger partial charge in [0.25, 0.3) is 0 Å². The van der Waals surface area contributed by atoms with E-state index in [1.165, 1.54) is 10.4 Å². The van der Waals surface area contributed by atoms with Crippen molar-refractivity contribution in [3.05, 3.63) is 57.6 Å². The average molecular weight is 429 g/mol. The normalized spacial score (nSPS) is 11.3. The standard InChI is InChI=1S/C19H22Cl2N2O3S/c1-13-6-7-14(2)18(11-13)22-19(24)5-4-10-23(27(3,25)26)15-8-9-16(20)17(21)12-15/h6-9,11-12H,4-5,10H2,1-3H3,(H,22,24). The molecule has 0 saturated carbocycles. The molecular weight excluding hydrogens is 407 g/mol. The number of halogens is 2. The molecule has 0 bridgehead atoms. The van der Waals surface area contributed by atoms with Gasteiger partial charge in [-0.05, 0) is 55.7 Å². The number of carbonyl (C=O) groups excluding carboxylic acids is 1. The smallest absolute Gasteiger partial charge is 0.232 e. The maximum atomic E-state index is 12.2. The third kappa shape index (κ3) is 6.13. The summed E-state index contributed by atoms with van der Waals surface area (Å²) in [6, 6.07) is 10.5. The molecule has 2 aromatic carbocycles. The van der Waals surface area contributed by atoms with Crippen molar-refractivity contribution in [1.82, 2.24) is 0 Å². The highest BCUT2D eigenvalue weighted by molar-refractivity contribution is 7.92. The first-order valence-electron chi connectivity index (χ1n) is 8.38. The van der Waals surface area contributed by atoms with E-state index in [-0.39, 0.29) is 23.9 Å². The lowest BCUT2D eigenvalue weighted by Crippen LogP contribution is -2.31. The number of nitrogens with zero attached hydrogens (tertiary/aromatic N) is 1. The molecule has 2 aromatic rings. The Labute approximate surface area is 170 Å². The first-order chi connectivity index (χ1) is 12.6. The van der Waals surface area contributed by atoms with Gasteiger partial charge in [0, 0.05) is 18.7 Å². The minimum absolute atomic E-state index is 0.161. The van der Waals surface area contributed by atoms with Crippen LogP contribution in [0.3, 0.4) is 0 Å². The molecule has 0 radical (unpaired) electrons. The van der Waals surface area contributed by atoms with Crippen molar-refractivity contribution in [2.45, 2.75) is 26.7 Å². The van der Waals surface area contributed by atoms with Crippen molar-refractivity contribution in [2.24, 2.45) is 0 Å². The Morgan fingerprint density at radius 3 is 2.41 bits per heavy atom. The van der Waals surface area contributed by atoms with Crippen molar-refractivity contribution >= 4 is 50.5 Å². The van der Waals surface area contributed by atoms with Crippen LogP contribution in [0.2, 0.25) is 10.0 Å². The van der Waals surface area contributed by atoms with Crippen molar-refractivity contribution in [3.63, 3.8) is 0 Å². The van der Waals surface area contributed by atoms with Crippen LogP contribution in [0.4, 0.5) is 11.4 Å². The van der Waals surface area contributed by atoms with Crippen LogP contribution in [0.15, 0.2) is 36.4 Å². The van der Waals surface area contributed by atoms with E-state index in [1.54, 1.807) is 12.1 Å². The lowest BCUT2D eigenvalue weighted by molar-refractivity contribution is -0.116. The van der Waals surface area contributed by atoms with Crippen LogP contribution in [-0.4, -0.2) is 27.1 Å². The Balaban J connectivity index is 2.02. The zero-order chi connectivity index (χ0) is 20.2. The Bertz CT molecular complexity index is 946. The fourth-order valence-electron chi connectivity index (χ4n) is 2.59. The number of nitrogens with one attached hydrogen (secondary N) is 1. The van der Waals surface area contributed by atoms with Gasteiger partial charge in [0.05, 0.1) is 22.0 Å². The van der Waals surface area contributed by atoms with Gasteiger partial charge in [-0.3, -0.25) is 9.10 Å². The number of rotatable bonds is 7. The molecule has 5 nitrogen and oxygen atoms in total. The Kier molecular flexibility index (Phi) is 7.14. The highest BCUT2D eigenvalue weighted by Gasteiger charge is 2.18. The number of carbonyl (C=O) groups is 1. The molecule has 0 aromatic heterocycles. The van der Waals surface area contributed by atoms with Crippen LogP contribution in [0.5, 0.6) is 0 Å². The first-order valence-corrected chi connectivity index (χ1v) is 11.0. The van der Waals surface area contributed by atoms with E-state index < -0.39 is 10.0 Å². The number of benzene rings is 2. The highest BCUT2D eigenvalue weighted by Crippen LogP contribution is 2.28. The van der Waals surface area contributed by atoms with Crippen LogP contribution in [0.25, 0.3) is 0 Å². The number of sulfonamides is 1. The minimum atomic E-state index is -3.52. The Hall–Kier alpha value is -1.76. The summed E-state index contributed by atoms with van der Waals surface area (Å²) in [5.41, 5.74) is 3.22. The van der Waals surface area contributed by atoms with Crippen molar-refractivity contribution in [1.29, 1.82) is 0 Å². The molecule has 0 unspecified atom stereocenters. The molecule has 2 rings (SSSR count). The third-order valence-corrected chi connectivity index (χ3v) is 5.96. The summed E-state index contributed by atoms with van der Waals surface area (Å²) in [6.45, 7) is 4.04. The second kappa shape index (κ2) is 8.95. The number of aryl methyl sites for hydroxylation is 2. The topological polar surface area (TPSA) is 66.5 Å². The molecular formula is C19H22Cl2N2O3S. The monoisotopic (exact) mass is 428 g/mol. The van der Waals surface area contributed by atoms with Gasteiger partial charge in [-0.2, -0.15) is 0 Å². The van der Waals surface area contributed by atoms with Gasteiger partial charge in [0.1, 0.15) is 0 Å². The van der Waals surface area contributed by atoms with E-state index >= 15 is 0 Å². The quantitative estimate of drug-likeness (QED) is 0.688. The molecule has 0 fully saturated rings. The van der Waals surface area contributed by atoms with E-state index in [2.05, 4.69) is 5.32 Å². The van der Waals surface area contributed by atoms with E-state index in [1.807, 2.05) is 32.0 Å². The largest absolute Gasteiger partial charge is 0.326 e. The average Bonchev–Trinajstić information content (AvgIpc) is 2.56. The second-order valence-electron chi connectivity index (χ2n) is 6.40. The second-order valence-corrected chi connectivity index (χ2v) is 9.12. The predicted octanol–water partition coefficient (Wildman–Crippen LogP) is 4.80. The molecule has 0 aliphatic carbocycles. The van der Waals surface area contributed by atoms with Crippen LogP contribution in [0.1, 0.15) is 24.0 Å². The molecule has 0 aliphatic heterocycles. The van der Waals surface area contributed by atoms with Crippen LogP contribution < -0.4 is 9.62 Å². The van der Waals surface area contributed by atoms with Gasteiger partial charge in [-0.25, -0.2) is 8.42 Å². The van der Waals surface area contributed by atoms with Crippen molar-refractivity contribution in [2.75, 3.05) is 22.4 Å². The van der Waals surface area contributed by atoms with Crippen molar-refractivity contribution in [3.8, 4) is 0 Å². The van der Waals surface area contributed by atoms with E-state index in [9.17, 15) is 13.2 Å². The summed E-state index contributed by atoms with van der Waals surface area (Å²) >= 11 is 11.9. The number of hydrogen-bond donors (Lipinski definition) is 1. The van der Waals surface area contributed by atoms with Gasteiger partial charge in [-0.1, -0.05) is 35.3 Å². The van der Waals surface area contributed by atoms with Gasteiger partial charge >= 0.3 is 0 Å². The molecule has 1 N–H and O–H groups in total. The number of anilines is 2. The van der Waals surface area contributed by atoms with Crippen LogP contribution in [-0.2, 0) is 14.8 Å². The third-order valence-electron chi connectivity index (χ3n) is 4.02. The summed E-state index contributed by atoms with van der Waals surface area (Å²) in [4.78, 5) is 12.2. The number of amides is 1. The van der Waals surface area contributed by atoms with Gasteiger partial charge in [-0.15, -0.1) is 0 Å². The first kappa shape index (κ1) is 21.5. The summed E-state index contributed by atoms with van der Waals surface area (Å²) < 4.78 is 25.5. The zero-order valence-corrected chi connectivity index (χ0v) is 17.7. The number of hydrogen-bond acceptors (Lipinski definition) is 3. The van der Waals surface area contributed by atoms with Gasteiger partial charge in [0.2, 0.25) is 15.9 Å². The van der Waals surface area contributed by atoms with E-state index in [0.29, 0.717) is 17.1 Å². The van der Waals surface area contributed by atoms with Gasteiger partial charge < -0.3 is 5.32 Å². The predicted molar refractivity (Wildman–Crippen MR) is 112 cm³/mol. The van der Waals surface area contributed by atoms with Gasteiger partial charge in [0.15, 0.2) is 0 Å². The van der Waals surface area contributed by atoms with E-state index in [0.717, 1.165) is 23.1 Å². The molecule has 0 spiro atoms. The molecule has 27 heavy (non-hydrogen) atoms. The molecule has 146 valence electrons. The molecule has 0 heterocycles. The Morgan fingerprint density at radius 2 is 1.78 bits per heavy atom. The summed E-state index contributed by atoms with van der Waals surface area (Å²) in [5, 5.41) is 3.50. The van der Waals surface area contributed by atoms with E-state index in [4.69, 9.17) is 23.2 Å². The molecule has 1 amide bonds. The molecule has 0 saturated heterocycles. The fraction of sp³-hybridized carbons (Fsp3) is 0.316. The fourth-order valence-corrected chi connectivity index (χ4v) is 3.84. The van der Waals surface area contributed by atoms with Crippen molar-refractivity contribution < 1.29 is 13.2 Å². The maximum absolute atomic E-state index is 12.2. The van der Waals surface area contributed by atoms with Crippen LogP contribution >= 0.6 is 23.2 Å². The maximum Gasteiger partial charge on any atom is 0.232 e. The molecule has 0 atom stereocenters. The summed E-state index contributed by atoms with van der Waals surface area (Å²) in [6.07, 6.45) is 1.68. The summed E-state index contributed by atoms with van der Waals surface area (Å²) in [5.74, 6) is -0.161. The minimum Gasteiger partial charge on any atom is -0.326 e.